The lowest BCUT2D eigenvalue weighted by Crippen LogP contribution is -2.37. The molecule has 1 rings (SSSR count). The Hall–Kier alpha value is -0.420. The fourth-order valence-corrected chi connectivity index (χ4v) is 2.41. The standard InChI is InChI=1S/C11H17BrN2OS/c1-8(2)14(6-4-5-12)11(15)10-7-13-9(3)16-10/h7-8H,4-6H2,1-3H3. The minimum absolute atomic E-state index is 0.0987. The molecule has 0 saturated heterocycles. The van der Waals surface area contributed by atoms with Gasteiger partial charge in [-0.15, -0.1) is 11.3 Å². The van der Waals surface area contributed by atoms with Gasteiger partial charge >= 0.3 is 0 Å². The quantitative estimate of drug-likeness (QED) is 0.783. The Labute approximate surface area is 109 Å². The first-order chi connectivity index (χ1) is 7.56. The Morgan fingerprint density at radius 1 is 1.62 bits per heavy atom. The third-order valence-corrected chi connectivity index (χ3v) is 3.71. The molecule has 0 fully saturated rings. The molecule has 0 radical (unpaired) electrons. The number of aryl methyl sites for hydroxylation is 1. The molecular formula is C11H17BrN2OS. The van der Waals surface area contributed by atoms with Gasteiger partial charge in [-0.2, -0.15) is 0 Å². The van der Waals surface area contributed by atoms with Gasteiger partial charge < -0.3 is 4.90 Å². The number of halogens is 1. The molecule has 0 spiro atoms. The van der Waals surface area contributed by atoms with Gasteiger partial charge in [-0.1, -0.05) is 15.9 Å². The molecule has 0 bridgehead atoms. The van der Waals surface area contributed by atoms with Gasteiger partial charge in [0.2, 0.25) is 0 Å². The largest absolute Gasteiger partial charge is 0.335 e. The molecule has 5 heteroatoms. The second-order valence-corrected chi connectivity index (χ2v) is 5.91. The van der Waals surface area contributed by atoms with Crippen LogP contribution in [-0.2, 0) is 0 Å². The molecule has 0 aromatic carbocycles. The van der Waals surface area contributed by atoms with E-state index in [2.05, 4.69) is 20.9 Å². The van der Waals surface area contributed by atoms with Crippen molar-refractivity contribution in [2.45, 2.75) is 33.2 Å². The first-order valence-corrected chi connectivity index (χ1v) is 7.29. The van der Waals surface area contributed by atoms with E-state index in [0.29, 0.717) is 0 Å². The number of thiazole rings is 1. The third kappa shape index (κ3) is 3.56. The molecule has 0 aliphatic heterocycles. The average molecular weight is 305 g/mol. The maximum Gasteiger partial charge on any atom is 0.265 e. The lowest BCUT2D eigenvalue weighted by molar-refractivity contribution is 0.0711. The lowest BCUT2D eigenvalue weighted by Gasteiger charge is -2.25. The van der Waals surface area contributed by atoms with Crippen molar-refractivity contribution in [3.8, 4) is 0 Å². The molecule has 0 atom stereocenters. The van der Waals surface area contributed by atoms with Gasteiger partial charge in [0.25, 0.3) is 5.91 Å². The fraction of sp³-hybridized carbons (Fsp3) is 0.636. The van der Waals surface area contributed by atoms with Crippen LogP contribution in [0.1, 0.15) is 34.9 Å². The van der Waals surface area contributed by atoms with Crippen LogP contribution in [0.4, 0.5) is 0 Å². The summed E-state index contributed by atoms with van der Waals surface area (Å²) in [5, 5.41) is 1.86. The van der Waals surface area contributed by atoms with Crippen LogP contribution in [0.2, 0.25) is 0 Å². The summed E-state index contributed by atoms with van der Waals surface area (Å²) in [4.78, 5) is 18.9. The second-order valence-electron chi connectivity index (χ2n) is 3.88. The summed E-state index contributed by atoms with van der Waals surface area (Å²) in [6, 6.07) is 0.231. The number of amides is 1. The van der Waals surface area contributed by atoms with Gasteiger partial charge in [-0.05, 0) is 27.2 Å². The molecule has 0 aliphatic carbocycles. The number of rotatable bonds is 5. The number of alkyl halides is 1. The average Bonchev–Trinajstić information content (AvgIpc) is 2.64. The van der Waals surface area contributed by atoms with Gasteiger partial charge in [0.15, 0.2) is 0 Å². The Morgan fingerprint density at radius 2 is 2.31 bits per heavy atom. The van der Waals surface area contributed by atoms with E-state index in [9.17, 15) is 4.79 Å². The number of hydrogen-bond donors (Lipinski definition) is 0. The van der Waals surface area contributed by atoms with Crippen molar-refractivity contribution < 1.29 is 4.79 Å². The maximum absolute atomic E-state index is 12.2. The molecule has 16 heavy (non-hydrogen) atoms. The van der Waals surface area contributed by atoms with Crippen LogP contribution in [0.5, 0.6) is 0 Å². The predicted molar refractivity (Wildman–Crippen MR) is 71.4 cm³/mol. The summed E-state index contributed by atoms with van der Waals surface area (Å²) in [6.07, 6.45) is 2.65. The minimum atomic E-state index is 0.0987. The number of carbonyl (C=O) groups excluding carboxylic acids is 1. The number of nitrogens with zero attached hydrogens (tertiary/aromatic N) is 2. The van der Waals surface area contributed by atoms with E-state index < -0.39 is 0 Å². The van der Waals surface area contributed by atoms with Crippen LogP contribution in [-0.4, -0.2) is 33.7 Å². The van der Waals surface area contributed by atoms with Crippen molar-refractivity contribution in [1.82, 2.24) is 9.88 Å². The first-order valence-electron chi connectivity index (χ1n) is 5.35. The summed E-state index contributed by atoms with van der Waals surface area (Å²) in [5.41, 5.74) is 0. The summed E-state index contributed by atoms with van der Waals surface area (Å²) in [6.45, 7) is 6.79. The van der Waals surface area contributed by atoms with E-state index in [1.165, 1.54) is 11.3 Å². The van der Waals surface area contributed by atoms with Crippen molar-refractivity contribution in [2.24, 2.45) is 0 Å². The molecule has 0 aliphatic rings. The Morgan fingerprint density at radius 3 is 2.75 bits per heavy atom. The Bertz CT molecular complexity index is 352. The number of hydrogen-bond acceptors (Lipinski definition) is 3. The number of carbonyl (C=O) groups is 1. The molecule has 1 aromatic rings. The monoisotopic (exact) mass is 304 g/mol. The zero-order chi connectivity index (χ0) is 12.1. The highest BCUT2D eigenvalue weighted by Gasteiger charge is 2.19. The summed E-state index contributed by atoms with van der Waals surface area (Å²) >= 11 is 4.85. The highest BCUT2D eigenvalue weighted by atomic mass is 79.9. The zero-order valence-electron chi connectivity index (χ0n) is 9.86. The summed E-state index contributed by atoms with van der Waals surface area (Å²) in [7, 11) is 0. The zero-order valence-corrected chi connectivity index (χ0v) is 12.3. The molecule has 0 unspecified atom stereocenters. The molecule has 1 amide bonds. The molecule has 0 N–H and O–H groups in total. The van der Waals surface area contributed by atoms with Gasteiger partial charge in [-0.25, -0.2) is 4.98 Å². The molecule has 3 nitrogen and oxygen atoms in total. The molecule has 1 heterocycles. The van der Waals surface area contributed by atoms with Crippen LogP contribution in [0.25, 0.3) is 0 Å². The van der Waals surface area contributed by atoms with E-state index in [4.69, 9.17) is 0 Å². The van der Waals surface area contributed by atoms with Crippen molar-refractivity contribution in [3.05, 3.63) is 16.1 Å². The SMILES string of the molecule is Cc1ncc(C(=O)N(CCCBr)C(C)C)s1. The maximum atomic E-state index is 12.2. The minimum Gasteiger partial charge on any atom is -0.335 e. The smallest absolute Gasteiger partial charge is 0.265 e. The van der Waals surface area contributed by atoms with Crippen molar-refractivity contribution in [2.75, 3.05) is 11.9 Å². The van der Waals surface area contributed by atoms with Crippen molar-refractivity contribution >= 4 is 33.2 Å². The van der Waals surface area contributed by atoms with E-state index >= 15 is 0 Å². The predicted octanol–water partition coefficient (Wildman–Crippen LogP) is 3.09. The molecule has 0 saturated carbocycles. The van der Waals surface area contributed by atoms with Crippen LogP contribution in [0, 0.1) is 6.92 Å². The van der Waals surface area contributed by atoms with Crippen molar-refractivity contribution in [3.63, 3.8) is 0 Å². The van der Waals surface area contributed by atoms with Crippen LogP contribution in [0.3, 0.4) is 0 Å². The van der Waals surface area contributed by atoms with Crippen LogP contribution in [0.15, 0.2) is 6.20 Å². The van der Waals surface area contributed by atoms with Crippen molar-refractivity contribution in [1.29, 1.82) is 0 Å². The van der Waals surface area contributed by atoms with Gasteiger partial charge in [-0.3, -0.25) is 4.79 Å². The lowest BCUT2D eigenvalue weighted by atomic mass is 10.2. The van der Waals surface area contributed by atoms with E-state index in [0.717, 1.165) is 28.2 Å². The normalized spacial score (nSPS) is 10.8. The van der Waals surface area contributed by atoms with E-state index in [1.807, 2.05) is 25.7 Å². The van der Waals surface area contributed by atoms with E-state index in [1.54, 1.807) is 6.20 Å². The summed E-state index contributed by atoms with van der Waals surface area (Å²) in [5.74, 6) is 0.0987. The van der Waals surface area contributed by atoms with Gasteiger partial charge in [0.1, 0.15) is 4.88 Å². The fourth-order valence-electron chi connectivity index (χ4n) is 1.43. The first kappa shape index (κ1) is 13.6. The Balaban J connectivity index is 2.74. The second kappa shape index (κ2) is 6.35. The molecule has 1 aromatic heterocycles. The summed E-state index contributed by atoms with van der Waals surface area (Å²) < 4.78 is 0. The van der Waals surface area contributed by atoms with Gasteiger partial charge in [0.05, 0.1) is 11.2 Å². The number of aromatic nitrogens is 1. The third-order valence-electron chi connectivity index (χ3n) is 2.25. The molecule has 90 valence electrons. The van der Waals surface area contributed by atoms with Crippen LogP contribution < -0.4 is 0 Å². The van der Waals surface area contributed by atoms with E-state index in [-0.39, 0.29) is 11.9 Å². The van der Waals surface area contributed by atoms with Crippen LogP contribution >= 0.6 is 27.3 Å². The van der Waals surface area contributed by atoms with Gasteiger partial charge in [0, 0.05) is 17.9 Å². The topological polar surface area (TPSA) is 33.2 Å². The highest BCUT2D eigenvalue weighted by molar-refractivity contribution is 9.09. The molecular weight excluding hydrogens is 288 g/mol. The Kier molecular flexibility index (Phi) is 5.41. The highest BCUT2D eigenvalue weighted by Crippen LogP contribution is 2.16.